The molecule has 0 amide bonds. The van der Waals surface area contributed by atoms with Crippen LogP contribution < -0.4 is 4.90 Å². The first-order valence-electron chi connectivity index (χ1n) is 6.00. The van der Waals surface area contributed by atoms with Crippen molar-refractivity contribution in [1.82, 2.24) is 15.2 Å². The van der Waals surface area contributed by atoms with Crippen molar-refractivity contribution in [2.75, 3.05) is 25.6 Å². The van der Waals surface area contributed by atoms with Gasteiger partial charge in [0, 0.05) is 13.6 Å². The molecule has 0 N–H and O–H groups in total. The number of hydrogen-bond donors (Lipinski definition) is 0. The van der Waals surface area contributed by atoms with Gasteiger partial charge in [0.1, 0.15) is 5.52 Å². The van der Waals surface area contributed by atoms with E-state index in [1.165, 1.54) is 7.11 Å². The van der Waals surface area contributed by atoms with Gasteiger partial charge in [0.15, 0.2) is 0 Å². The average Bonchev–Trinajstić information content (AvgIpc) is 2.45. The molecular weight excluding hydrogens is 244 g/mol. The summed E-state index contributed by atoms with van der Waals surface area (Å²) in [6.45, 7) is 2.28. The van der Waals surface area contributed by atoms with E-state index in [-0.39, 0.29) is 11.9 Å². The Balaban J connectivity index is 2.17. The number of rotatable bonds is 4. The minimum Gasteiger partial charge on any atom is -0.469 e. The van der Waals surface area contributed by atoms with E-state index in [9.17, 15) is 4.79 Å². The van der Waals surface area contributed by atoms with Gasteiger partial charge in [-0.05, 0) is 12.1 Å². The number of ether oxygens (including phenoxy) is 1. The second-order valence-electron chi connectivity index (χ2n) is 4.41. The molecule has 0 fully saturated rings. The third kappa shape index (κ3) is 2.96. The lowest BCUT2D eigenvalue weighted by atomic mass is 10.2. The van der Waals surface area contributed by atoms with Crippen molar-refractivity contribution in [3.63, 3.8) is 0 Å². The van der Waals surface area contributed by atoms with E-state index in [4.69, 9.17) is 4.74 Å². The van der Waals surface area contributed by atoms with Gasteiger partial charge in [-0.1, -0.05) is 19.1 Å². The van der Waals surface area contributed by atoms with Crippen LogP contribution in [0.2, 0.25) is 0 Å². The summed E-state index contributed by atoms with van der Waals surface area (Å²) in [6, 6.07) is 7.53. The van der Waals surface area contributed by atoms with Crippen molar-refractivity contribution >= 4 is 23.0 Å². The van der Waals surface area contributed by atoms with Crippen molar-refractivity contribution in [3.05, 3.63) is 24.3 Å². The lowest BCUT2D eigenvalue weighted by Gasteiger charge is -2.19. The summed E-state index contributed by atoms with van der Waals surface area (Å²) in [5, 5.41) is 8.16. The molecule has 0 spiro atoms. The van der Waals surface area contributed by atoms with E-state index in [0.717, 1.165) is 11.0 Å². The van der Waals surface area contributed by atoms with Crippen molar-refractivity contribution in [3.8, 4) is 0 Å². The SMILES string of the molecule is COC(=O)C(C)CN(C)c1nnc2ccccc2n1. The number of methoxy groups -OCH3 is 1. The topological polar surface area (TPSA) is 68.2 Å². The van der Waals surface area contributed by atoms with Crippen LogP contribution in [-0.4, -0.2) is 41.9 Å². The fraction of sp³-hybridized carbons (Fsp3) is 0.385. The third-order valence-corrected chi connectivity index (χ3v) is 2.84. The molecule has 1 aromatic carbocycles. The van der Waals surface area contributed by atoms with Crippen LogP contribution in [0.3, 0.4) is 0 Å². The largest absolute Gasteiger partial charge is 0.469 e. The van der Waals surface area contributed by atoms with Gasteiger partial charge >= 0.3 is 5.97 Å². The van der Waals surface area contributed by atoms with E-state index in [2.05, 4.69) is 15.2 Å². The number of esters is 1. The smallest absolute Gasteiger partial charge is 0.310 e. The van der Waals surface area contributed by atoms with Gasteiger partial charge < -0.3 is 9.64 Å². The number of aromatic nitrogens is 3. The molecule has 0 aliphatic heterocycles. The minimum absolute atomic E-state index is 0.245. The van der Waals surface area contributed by atoms with Gasteiger partial charge in [-0.15, -0.1) is 10.2 Å². The Bertz CT molecular complexity index is 588. The van der Waals surface area contributed by atoms with Crippen molar-refractivity contribution in [2.24, 2.45) is 5.92 Å². The highest BCUT2D eigenvalue weighted by atomic mass is 16.5. The number of hydrogen-bond acceptors (Lipinski definition) is 6. The molecule has 2 rings (SSSR count). The zero-order valence-corrected chi connectivity index (χ0v) is 11.2. The molecule has 1 heterocycles. The molecule has 19 heavy (non-hydrogen) atoms. The first-order chi connectivity index (χ1) is 9.11. The fourth-order valence-corrected chi connectivity index (χ4v) is 1.80. The number of para-hydroxylation sites is 1. The Morgan fingerprint density at radius 3 is 2.68 bits per heavy atom. The number of carbonyl (C=O) groups is 1. The molecule has 0 aliphatic rings. The maximum absolute atomic E-state index is 11.4. The van der Waals surface area contributed by atoms with E-state index >= 15 is 0 Å². The van der Waals surface area contributed by atoms with Crippen LogP contribution in [0.1, 0.15) is 6.92 Å². The highest BCUT2D eigenvalue weighted by molar-refractivity contribution is 5.74. The van der Waals surface area contributed by atoms with Gasteiger partial charge in [0.2, 0.25) is 5.95 Å². The van der Waals surface area contributed by atoms with Gasteiger partial charge in [0.25, 0.3) is 0 Å². The summed E-state index contributed by atoms with van der Waals surface area (Å²) in [5.41, 5.74) is 1.53. The molecule has 0 saturated heterocycles. The second kappa shape index (κ2) is 5.60. The molecule has 6 heteroatoms. The Morgan fingerprint density at radius 1 is 1.32 bits per heavy atom. The lowest BCUT2D eigenvalue weighted by Crippen LogP contribution is -2.30. The molecule has 6 nitrogen and oxygen atoms in total. The summed E-state index contributed by atoms with van der Waals surface area (Å²) in [7, 11) is 3.21. The summed E-state index contributed by atoms with van der Waals surface area (Å²) < 4.78 is 4.70. The van der Waals surface area contributed by atoms with Crippen LogP contribution in [0.15, 0.2) is 24.3 Å². The number of nitrogens with zero attached hydrogens (tertiary/aromatic N) is 4. The monoisotopic (exact) mass is 260 g/mol. The zero-order chi connectivity index (χ0) is 13.8. The quantitative estimate of drug-likeness (QED) is 0.771. The molecular formula is C13H16N4O2. The lowest BCUT2D eigenvalue weighted by molar-refractivity contribution is -0.144. The molecule has 2 aromatic rings. The Hall–Kier alpha value is -2.24. The Labute approximate surface area is 111 Å². The van der Waals surface area contributed by atoms with E-state index in [1.54, 1.807) is 11.8 Å². The van der Waals surface area contributed by atoms with Crippen molar-refractivity contribution in [1.29, 1.82) is 0 Å². The van der Waals surface area contributed by atoms with Crippen molar-refractivity contribution < 1.29 is 9.53 Å². The zero-order valence-electron chi connectivity index (χ0n) is 11.2. The first-order valence-corrected chi connectivity index (χ1v) is 6.00. The Morgan fingerprint density at radius 2 is 2.00 bits per heavy atom. The summed E-state index contributed by atoms with van der Waals surface area (Å²) >= 11 is 0. The van der Waals surface area contributed by atoms with Gasteiger partial charge in [-0.25, -0.2) is 4.98 Å². The van der Waals surface area contributed by atoms with Crippen molar-refractivity contribution in [2.45, 2.75) is 6.92 Å². The fourth-order valence-electron chi connectivity index (χ4n) is 1.80. The van der Waals surface area contributed by atoms with Crippen LogP contribution in [0, 0.1) is 5.92 Å². The van der Waals surface area contributed by atoms with Crippen LogP contribution in [0.5, 0.6) is 0 Å². The Kier molecular flexibility index (Phi) is 3.89. The normalized spacial score (nSPS) is 12.2. The summed E-state index contributed by atoms with van der Waals surface area (Å²) in [5.74, 6) is 0.000113. The molecule has 0 bridgehead atoms. The van der Waals surface area contributed by atoms with E-state index in [0.29, 0.717) is 12.5 Å². The predicted octanol–water partition coefficient (Wildman–Crippen LogP) is 1.27. The molecule has 1 aromatic heterocycles. The summed E-state index contributed by atoms with van der Waals surface area (Å²) in [6.07, 6.45) is 0. The van der Waals surface area contributed by atoms with E-state index < -0.39 is 0 Å². The molecule has 1 atom stereocenters. The van der Waals surface area contributed by atoms with Gasteiger partial charge in [-0.2, -0.15) is 0 Å². The molecule has 1 unspecified atom stereocenters. The molecule has 0 radical (unpaired) electrons. The maximum Gasteiger partial charge on any atom is 0.310 e. The highest BCUT2D eigenvalue weighted by Crippen LogP contribution is 2.12. The molecule has 100 valence electrons. The number of benzene rings is 1. The minimum atomic E-state index is -0.249. The summed E-state index contributed by atoms with van der Waals surface area (Å²) in [4.78, 5) is 17.6. The highest BCUT2D eigenvalue weighted by Gasteiger charge is 2.17. The number of carbonyl (C=O) groups excluding carboxylic acids is 1. The molecule has 0 saturated carbocycles. The maximum atomic E-state index is 11.4. The van der Waals surface area contributed by atoms with Crippen LogP contribution in [0.25, 0.3) is 11.0 Å². The van der Waals surface area contributed by atoms with Crippen LogP contribution in [0.4, 0.5) is 5.95 Å². The predicted molar refractivity (Wildman–Crippen MR) is 71.8 cm³/mol. The number of fused-ring (bicyclic) bond motifs is 1. The average molecular weight is 260 g/mol. The first kappa shape index (κ1) is 13.2. The van der Waals surface area contributed by atoms with Crippen LogP contribution >= 0.6 is 0 Å². The standard InChI is InChI=1S/C13H16N4O2/c1-9(12(18)19-3)8-17(2)13-14-10-6-4-5-7-11(10)15-16-13/h4-7,9H,8H2,1-3H3. The van der Waals surface area contributed by atoms with Crippen LogP contribution in [-0.2, 0) is 9.53 Å². The third-order valence-electron chi connectivity index (χ3n) is 2.84. The van der Waals surface area contributed by atoms with Gasteiger partial charge in [-0.3, -0.25) is 4.79 Å². The molecule has 0 aliphatic carbocycles. The second-order valence-corrected chi connectivity index (χ2v) is 4.41. The van der Waals surface area contributed by atoms with Gasteiger partial charge in [0.05, 0.1) is 18.5 Å². The van der Waals surface area contributed by atoms with E-state index in [1.807, 2.05) is 31.3 Å². The number of anilines is 1.